The van der Waals surface area contributed by atoms with Crippen LogP contribution in [0.1, 0.15) is 29.8 Å². The lowest BCUT2D eigenvalue weighted by atomic mass is 9.99. The summed E-state index contributed by atoms with van der Waals surface area (Å²) < 4.78 is 2.14. The van der Waals surface area contributed by atoms with E-state index in [2.05, 4.69) is 52.5 Å². The molecule has 1 aromatic carbocycles. The Morgan fingerprint density at radius 1 is 1.21 bits per heavy atom. The van der Waals surface area contributed by atoms with Crippen LogP contribution in [-0.2, 0) is 6.42 Å². The van der Waals surface area contributed by atoms with Crippen LogP contribution in [-0.4, -0.2) is 28.0 Å². The van der Waals surface area contributed by atoms with E-state index in [1.807, 2.05) is 18.2 Å². The number of rotatable bonds is 0. The SMILES string of the molecule is CC1c2c(c3cc(Cl)ccc3n2C#Cc2ccncc2)CCN1C. The van der Waals surface area contributed by atoms with Gasteiger partial charge in [-0.15, -0.1) is 0 Å². The fourth-order valence-corrected chi connectivity index (χ4v) is 3.59. The number of likely N-dealkylation sites (N-methyl/N-ethyl adjacent to an activating group) is 1. The molecule has 1 aliphatic rings. The fraction of sp³-hybridized carbons (Fsp3) is 0.250. The van der Waals surface area contributed by atoms with Crippen molar-refractivity contribution >= 4 is 22.5 Å². The van der Waals surface area contributed by atoms with E-state index < -0.39 is 0 Å². The first kappa shape index (κ1) is 15.3. The third-order valence-electron chi connectivity index (χ3n) is 4.84. The number of pyridine rings is 1. The zero-order chi connectivity index (χ0) is 16.7. The van der Waals surface area contributed by atoms with E-state index >= 15 is 0 Å². The van der Waals surface area contributed by atoms with E-state index in [1.165, 1.54) is 16.6 Å². The molecule has 0 amide bonds. The summed E-state index contributed by atoms with van der Waals surface area (Å²) in [7, 11) is 2.17. The summed E-state index contributed by atoms with van der Waals surface area (Å²) >= 11 is 6.25. The van der Waals surface area contributed by atoms with Gasteiger partial charge in [-0.2, -0.15) is 0 Å². The van der Waals surface area contributed by atoms with Crippen molar-refractivity contribution in [1.82, 2.24) is 14.5 Å². The number of fused-ring (bicyclic) bond motifs is 3. The highest BCUT2D eigenvalue weighted by Crippen LogP contribution is 2.36. The van der Waals surface area contributed by atoms with E-state index in [0.717, 1.165) is 29.1 Å². The summed E-state index contributed by atoms with van der Waals surface area (Å²) in [5.41, 5.74) is 4.75. The van der Waals surface area contributed by atoms with Gasteiger partial charge in [-0.1, -0.05) is 11.6 Å². The number of hydrogen-bond donors (Lipinski definition) is 0. The highest BCUT2D eigenvalue weighted by molar-refractivity contribution is 6.31. The topological polar surface area (TPSA) is 21.1 Å². The molecule has 3 nitrogen and oxygen atoms in total. The van der Waals surface area contributed by atoms with Crippen LogP contribution in [0.15, 0.2) is 42.7 Å². The molecule has 0 fully saturated rings. The van der Waals surface area contributed by atoms with Crippen LogP contribution in [0.5, 0.6) is 0 Å². The Balaban J connectivity index is 1.96. The Morgan fingerprint density at radius 3 is 2.79 bits per heavy atom. The Kier molecular flexibility index (Phi) is 3.80. The molecule has 3 heterocycles. The average Bonchev–Trinajstić information content (AvgIpc) is 2.91. The van der Waals surface area contributed by atoms with Crippen molar-refractivity contribution in [2.75, 3.05) is 13.6 Å². The van der Waals surface area contributed by atoms with Gasteiger partial charge in [0.1, 0.15) is 0 Å². The lowest BCUT2D eigenvalue weighted by Crippen LogP contribution is -2.31. The van der Waals surface area contributed by atoms with Gasteiger partial charge < -0.3 is 0 Å². The van der Waals surface area contributed by atoms with Crippen LogP contribution < -0.4 is 0 Å². The Hall–Kier alpha value is -2.28. The van der Waals surface area contributed by atoms with Gasteiger partial charge in [0, 0.05) is 47.0 Å². The lowest BCUT2D eigenvalue weighted by Gasteiger charge is -2.30. The molecule has 2 aromatic heterocycles. The van der Waals surface area contributed by atoms with E-state index in [9.17, 15) is 0 Å². The van der Waals surface area contributed by atoms with E-state index in [-0.39, 0.29) is 0 Å². The molecule has 0 spiro atoms. The monoisotopic (exact) mass is 335 g/mol. The van der Waals surface area contributed by atoms with E-state index in [1.54, 1.807) is 12.4 Å². The maximum atomic E-state index is 6.25. The smallest absolute Gasteiger partial charge is 0.0619 e. The van der Waals surface area contributed by atoms with Gasteiger partial charge in [0.15, 0.2) is 0 Å². The molecular weight excluding hydrogens is 318 g/mol. The summed E-state index contributed by atoms with van der Waals surface area (Å²) in [6, 6.07) is 13.6. The zero-order valence-corrected chi connectivity index (χ0v) is 14.5. The number of hydrogen-bond acceptors (Lipinski definition) is 2. The summed E-state index contributed by atoms with van der Waals surface area (Å²) in [6.07, 6.45) is 4.56. The van der Waals surface area contributed by atoms with Crippen LogP contribution in [0.3, 0.4) is 0 Å². The first-order valence-corrected chi connectivity index (χ1v) is 8.48. The van der Waals surface area contributed by atoms with Crippen LogP contribution >= 0.6 is 11.6 Å². The number of nitrogens with zero attached hydrogens (tertiary/aromatic N) is 3. The molecule has 4 heteroatoms. The number of halogens is 1. The molecule has 1 atom stereocenters. The summed E-state index contributed by atoms with van der Waals surface area (Å²) in [6.45, 7) is 3.29. The first-order valence-electron chi connectivity index (χ1n) is 8.10. The minimum absolute atomic E-state index is 0.326. The van der Waals surface area contributed by atoms with Crippen LogP contribution in [0.2, 0.25) is 5.02 Å². The molecule has 1 unspecified atom stereocenters. The first-order chi connectivity index (χ1) is 11.6. The normalized spacial score (nSPS) is 17.4. The lowest BCUT2D eigenvalue weighted by molar-refractivity contribution is 0.242. The van der Waals surface area contributed by atoms with Gasteiger partial charge >= 0.3 is 0 Å². The number of aromatic nitrogens is 2. The van der Waals surface area contributed by atoms with Gasteiger partial charge in [0.05, 0.1) is 11.2 Å². The van der Waals surface area contributed by atoms with Crippen molar-refractivity contribution in [3.8, 4) is 12.0 Å². The average molecular weight is 336 g/mol. The molecule has 0 radical (unpaired) electrons. The van der Waals surface area contributed by atoms with E-state index in [0.29, 0.717) is 6.04 Å². The van der Waals surface area contributed by atoms with Crippen LogP contribution in [0.25, 0.3) is 10.9 Å². The summed E-state index contributed by atoms with van der Waals surface area (Å²) in [5, 5.41) is 2.00. The molecule has 0 saturated heterocycles. The Morgan fingerprint density at radius 2 is 2.00 bits per heavy atom. The predicted octanol–water partition coefficient (Wildman–Crippen LogP) is 4.10. The second-order valence-electron chi connectivity index (χ2n) is 6.24. The second kappa shape index (κ2) is 5.98. The predicted molar refractivity (Wildman–Crippen MR) is 98.2 cm³/mol. The maximum Gasteiger partial charge on any atom is 0.0619 e. The fourth-order valence-electron chi connectivity index (χ4n) is 3.42. The van der Waals surface area contributed by atoms with Crippen molar-refractivity contribution in [3.63, 3.8) is 0 Å². The highest BCUT2D eigenvalue weighted by atomic mass is 35.5. The van der Waals surface area contributed by atoms with Gasteiger partial charge in [-0.05, 0) is 62.2 Å². The molecular formula is C20H18ClN3. The summed E-state index contributed by atoms with van der Waals surface area (Å²) in [5.74, 6) is 3.26. The molecule has 4 rings (SSSR count). The van der Waals surface area contributed by atoms with Crippen molar-refractivity contribution in [1.29, 1.82) is 0 Å². The molecule has 3 aromatic rings. The molecule has 0 saturated carbocycles. The second-order valence-corrected chi connectivity index (χ2v) is 6.68. The van der Waals surface area contributed by atoms with Crippen molar-refractivity contribution in [3.05, 3.63) is 64.6 Å². The Bertz CT molecular complexity index is 963. The quantitative estimate of drug-likeness (QED) is 0.577. The molecule has 1 aliphatic heterocycles. The largest absolute Gasteiger partial charge is 0.298 e. The molecule has 0 bridgehead atoms. The standard InChI is InChI=1S/C20H18ClN3/c1-14-20-17(8-11-23(14)2)18-13-16(21)3-4-19(18)24(20)12-7-15-5-9-22-10-6-15/h3-6,9-10,13-14H,8,11H2,1-2H3. The molecule has 120 valence electrons. The third-order valence-corrected chi connectivity index (χ3v) is 5.07. The third kappa shape index (κ3) is 2.49. The minimum atomic E-state index is 0.326. The number of benzene rings is 1. The Labute approximate surface area is 146 Å². The van der Waals surface area contributed by atoms with Gasteiger partial charge in [0.25, 0.3) is 0 Å². The molecule has 24 heavy (non-hydrogen) atoms. The van der Waals surface area contributed by atoms with Crippen LogP contribution in [0, 0.1) is 12.0 Å². The zero-order valence-electron chi connectivity index (χ0n) is 13.8. The van der Waals surface area contributed by atoms with E-state index in [4.69, 9.17) is 11.6 Å². The van der Waals surface area contributed by atoms with Crippen molar-refractivity contribution in [2.45, 2.75) is 19.4 Å². The molecule has 0 N–H and O–H groups in total. The maximum absolute atomic E-state index is 6.25. The van der Waals surface area contributed by atoms with Gasteiger partial charge in [-0.25, -0.2) is 0 Å². The summed E-state index contributed by atoms with van der Waals surface area (Å²) in [4.78, 5) is 6.41. The highest BCUT2D eigenvalue weighted by Gasteiger charge is 2.27. The van der Waals surface area contributed by atoms with Gasteiger partial charge in [0.2, 0.25) is 0 Å². The van der Waals surface area contributed by atoms with Gasteiger partial charge in [-0.3, -0.25) is 14.5 Å². The minimum Gasteiger partial charge on any atom is -0.298 e. The molecule has 0 aliphatic carbocycles. The van der Waals surface area contributed by atoms with Crippen molar-refractivity contribution < 1.29 is 0 Å². The van der Waals surface area contributed by atoms with Crippen LogP contribution in [0.4, 0.5) is 0 Å². The van der Waals surface area contributed by atoms with Crippen molar-refractivity contribution in [2.24, 2.45) is 0 Å².